The maximum absolute atomic E-state index is 12.1. The Labute approximate surface area is 159 Å². The van der Waals surface area contributed by atoms with Crippen molar-refractivity contribution < 1.29 is 9.53 Å². The molecule has 1 aromatic heterocycles. The van der Waals surface area contributed by atoms with E-state index in [-0.39, 0.29) is 11.9 Å². The topological polar surface area (TPSA) is 69.0 Å². The van der Waals surface area contributed by atoms with Gasteiger partial charge in [0.1, 0.15) is 5.75 Å². The zero-order valence-corrected chi connectivity index (χ0v) is 16.8. The van der Waals surface area contributed by atoms with Crippen molar-refractivity contribution in [2.24, 2.45) is 7.05 Å². The fourth-order valence-electron chi connectivity index (χ4n) is 2.65. The van der Waals surface area contributed by atoms with Crippen molar-refractivity contribution >= 4 is 17.7 Å². The molecule has 0 fully saturated rings. The Kier molecular flexibility index (Phi) is 7.97. The van der Waals surface area contributed by atoms with E-state index in [1.807, 2.05) is 35.9 Å². The van der Waals surface area contributed by atoms with Crippen LogP contribution in [-0.2, 0) is 11.8 Å². The molecule has 0 aliphatic carbocycles. The number of hydrogen-bond donors (Lipinski definition) is 1. The molecule has 0 aliphatic heterocycles. The lowest BCUT2D eigenvalue weighted by Gasteiger charge is -2.13. The van der Waals surface area contributed by atoms with E-state index in [0.29, 0.717) is 5.75 Å². The van der Waals surface area contributed by atoms with Crippen molar-refractivity contribution in [2.45, 2.75) is 50.7 Å². The molecule has 7 heteroatoms. The second-order valence-electron chi connectivity index (χ2n) is 6.35. The highest BCUT2D eigenvalue weighted by Crippen LogP contribution is 2.24. The summed E-state index contributed by atoms with van der Waals surface area (Å²) in [6.07, 6.45) is 4.58. The molecule has 1 heterocycles. The Morgan fingerprint density at radius 1 is 1.27 bits per heavy atom. The van der Waals surface area contributed by atoms with Gasteiger partial charge in [0.05, 0.1) is 12.9 Å². The van der Waals surface area contributed by atoms with Gasteiger partial charge in [-0.05, 0) is 37.6 Å². The van der Waals surface area contributed by atoms with Gasteiger partial charge in [0.25, 0.3) is 0 Å². The summed E-state index contributed by atoms with van der Waals surface area (Å²) in [6, 6.07) is 7.89. The third-order valence-electron chi connectivity index (χ3n) is 4.16. The third-order valence-corrected chi connectivity index (χ3v) is 5.18. The van der Waals surface area contributed by atoms with E-state index in [2.05, 4.69) is 29.4 Å². The summed E-state index contributed by atoms with van der Waals surface area (Å²) in [7, 11) is 3.55. The average Bonchev–Trinajstić information content (AvgIpc) is 3.01. The molecule has 1 atom stereocenters. The number of unbranched alkanes of at least 4 members (excludes halogenated alkanes) is 2. The Morgan fingerprint density at radius 2 is 2.00 bits per heavy atom. The molecule has 142 valence electrons. The van der Waals surface area contributed by atoms with Crippen LogP contribution in [0.3, 0.4) is 0 Å². The van der Waals surface area contributed by atoms with Crippen LogP contribution < -0.4 is 10.1 Å². The second kappa shape index (κ2) is 10.2. The van der Waals surface area contributed by atoms with Crippen LogP contribution in [0.5, 0.6) is 5.75 Å². The molecule has 2 rings (SSSR count). The maximum atomic E-state index is 12.1. The number of carbonyl (C=O) groups excluding carboxylic acids is 1. The minimum atomic E-state index is 0.0352. The van der Waals surface area contributed by atoms with E-state index in [1.165, 1.54) is 24.6 Å². The van der Waals surface area contributed by atoms with Gasteiger partial charge in [0.2, 0.25) is 5.91 Å². The number of nitrogens with one attached hydrogen (secondary N) is 1. The quantitative estimate of drug-likeness (QED) is 0.506. The number of methoxy groups -OCH3 is 1. The number of benzene rings is 1. The van der Waals surface area contributed by atoms with E-state index in [0.717, 1.165) is 35.1 Å². The van der Waals surface area contributed by atoms with Crippen LogP contribution in [0.25, 0.3) is 11.4 Å². The normalized spacial score (nSPS) is 12.0. The van der Waals surface area contributed by atoms with Gasteiger partial charge in [-0.3, -0.25) is 4.79 Å². The summed E-state index contributed by atoms with van der Waals surface area (Å²) < 4.78 is 7.08. The zero-order valence-electron chi connectivity index (χ0n) is 16.0. The van der Waals surface area contributed by atoms with Gasteiger partial charge in [-0.1, -0.05) is 37.9 Å². The van der Waals surface area contributed by atoms with Crippen LogP contribution in [0.2, 0.25) is 0 Å². The standard InChI is InChI=1S/C19H28N4O2S/c1-5-6-7-8-14(2)20-17(24)13-26-19-22-21-18(23(19)3)15-9-11-16(25-4)12-10-15/h9-12,14H,5-8,13H2,1-4H3,(H,20,24). The molecular formula is C19H28N4O2S. The van der Waals surface area contributed by atoms with E-state index >= 15 is 0 Å². The van der Waals surface area contributed by atoms with Crippen LogP contribution in [0, 0.1) is 0 Å². The first-order chi connectivity index (χ1) is 12.5. The molecule has 1 unspecified atom stereocenters. The van der Waals surface area contributed by atoms with Crippen molar-refractivity contribution in [1.82, 2.24) is 20.1 Å². The number of ether oxygens (including phenoxy) is 1. The molecule has 0 aliphatic rings. The Morgan fingerprint density at radius 3 is 2.65 bits per heavy atom. The summed E-state index contributed by atoms with van der Waals surface area (Å²) in [4.78, 5) is 12.1. The minimum Gasteiger partial charge on any atom is -0.497 e. The average molecular weight is 377 g/mol. The van der Waals surface area contributed by atoms with Crippen molar-refractivity contribution in [3.63, 3.8) is 0 Å². The highest BCUT2D eigenvalue weighted by Gasteiger charge is 2.14. The minimum absolute atomic E-state index is 0.0352. The molecule has 1 aromatic carbocycles. The lowest BCUT2D eigenvalue weighted by atomic mass is 10.1. The van der Waals surface area contributed by atoms with Gasteiger partial charge >= 0.3 is 0 Å². The Bertz CT molecular complexity index is 700. The lowest BCUT2D eigenvalue weighted by molar-refractivity contribution is -0.119. The van der Waals surface area contributed by atoms with Gasteiger partial charge in [-0.15, -0.1) is 10.2 Å². The van der Waals surface area contributed by atoms with Crippen LogP contribution in [0.4, 0.5) is 0 Å². The van der Waals surface area contributed by atoms with E-state index in [4.69, 9.17) is 4.74 Å². The largest absolute Gasteiger partial charge is 0.497 e. The predicted octanol–water partition coefficient (Wildman–Crippen LogP) is 3.67. The van der Waals surface area contributed by atoms with Crippen molar-refractivity contribution in [3.05, 3.63) is 24.3 Å². The van der Waals surface area contributed by atoms with Gasteiger partial charge in [-0.2, -0.15) is 0 Å². The third kappa shape index (κ3) is 5.76. The molecule has 2 aromatic rings. The molecular weight excluding hydrogens is 348 g/mol. The summed E-state index contributed by atoms with van der Waals surface area (Å²) >= 11 is 1.40. The van der Waals surface area contributed by atoms with E-state index in [9.17, 15) is 4.79 Å². The van der Waals surface area contributed by atoms with Crippen molar-refractivity contribution in [2.75, 3.05) is 12.9 Å². The van der Waals surface area contributed by atoms with Crippen LogP contribution in [0.15, 0.2) is 29.4 Å². The number of nitrogens with zero attached hydrogens (tertiary/aromatic N) is 3. The summed E-state index contributed by atoms with van der Waals surface area (Å²) in [5.41, 5.74) is 0.960. The van der Waals surface area contributed by atoms with Crippen LogP contribution in [0.1, 0.15) is 39.5 Å². The van der Waals surface area contributed by atoms with Crippen molar-refractivity contribution in [1.29, 1.82) is 0 Å². The summed E-state index contributed by atoms with van der Waals surface area (Å²) in [6.45, 7) is 4.24. The Hall–Kier alpha value is -2.02. The van der Waals surface area contributed by atoms with E-state index in [1.54, 1.807) is 7.11 Å². The monoisotopic (exact) mass is 376 g/mol. The predicted molar refractivity (Wildman–Crippen MR) is 105 cm³/mol. The van der Waals surface area contributed by atoms with E-state index < -0.39 is 0 Å². The number of thioether (sulfide) groups is 1. The van der Waals surface area contributed by atoms with Crippen LogP contribution >= 0.6 is 11.8 Å². The maximum Gasteiger partial charge on any atom is 0.230 e. The van der Waals surface area contributed by atoms with Crippen LogP contribution in [-0.4, -0.2) is 39.6 Å². The number of carbonyl (C=O) groups is 1. The fourth-order valence-corrected chi connectivity index (χ4v) is 3.37. The molecule has 0 saturated heterocycles. The summed E-state index contributed by atoms with van der Waals surface area (Å²) in [5, 5.41) is 12.2. The molecule has 1 amide bonds. The van der Waals surface area contributed by atoms with Gasteiger partial charge in [0, 0.05) is 18.7 Å². The summed E-state index contributed by atoms with van der Waals surface area (Å²) in [5.74, 6) is 1.94. The van der Waals surface area contributed by atoms with Gasteiger partial charge < -0.3 is 14.6 Å². The first-order valence-electron chi connectivity index (χ1n) is 9.01. The first-order valence-corrected chi connectivity index (χ1v) is 9.99. The highest BCUT2D eigenvalue weighted by atomic mass is 32.2. The van der Waals surface area contributed by atoms with Gasteiger partial charge in [-0.25, -0.2) is 0 Å². The van der Waals surface area contributed by atoms with Gasteiger partial charge in [0.15, 0.2) is 11.0 Å². The first kappa shape index (κ1) is 20.3. The molecule has 26 heavy (non-hydrogen) atoms. The number of rotatable bonds is 10. The second-order valence-corrected chi connectivity index (χ2v) is 7.29. The number of hydrogen-bond acceptors (Lipinski definition) is 5. The number of aromatic nitrogens is 3. The zero-order chi connectivity index (χ0) is 18.9. The molecule has 0 bridgehead atoms. The molecule has 0 spiro atoms. The SMILES string of the molecule is CCCCCC(C)NC(=O)CSc1nnc(-c2ccc(OC)cc2)n1C. The lowest BCUT2D eigenvalue weighted by Crippen LogP contribution is -2.33. The molecule has 1 N–H and O–H groups in total. The van der Waals surface area contributed by atoms with Crippen molar-refractivity contribution in [3.8, 4) is 17.1 Å². The number of amides is 1. The smallest absolute Gasteiger partial charge is 0.230 e. The molecule has 0 saturated carbocycles. The Balaban J connectivity index is 1.88. The highest BCUT2D eigenvalue weighted by molar-refractivity contribution is 7.99. The fraction of sp³-hybridized carbons (Fsp3) is 0.526. The molecule has 6 nitrogen and oxygen atoms in total. The molecule has 0 radical (unpaired) electrons.